The van der Waals surface area contributed by atoms with Crippen molar-refractivity contribution in [1.82, 2.24) is 14.3 Å². The van der Waals surface area contributed by atoms with E-state index in [2.05, 4.69) is 15.0 Å². The number of hydrogen-bond acceptors (Lipinski definition) is 5. The van der Waals surface area contributed by atoms with Crippen molar-refractivity contribution in [3.63, 3.8) is 0 Å². The van der Waals surface area contributed by atoms with Crippen molar-refractivity contribution >= 4 is 33.1 Å². The van der Waals surface area contributed by atoms with Crippen LogP contribution in [0.4, 0.5) is 5.69 Å². The van der Waals surface area contributed by atoms with Crippen LogP contribution in [-0.2, 0) is 34.7 Å². The number of aryl methyl sites for hydroxylation is 1. The minimum atomic E-state index is -3.33. The highest BCUT2D eigenvalue weighted by Gasteiger charge is 2.33. The number of carbonyl (C=O) groups excluding carboxylic acids is 1. The van der Waals surface area contributed by atoms with E-state index in [1.807, 2.05) is 37.3 Å². The summed E-state index contributed by atoms with van der Waals surface area (Å²) in [5, 5.41) is 3.08. The van der Waals surface area contributed by atoms with Gasteiger partial charge in [0.25, 0.3) is 5.91 Å². The maximum Gasteiger partial charge on any atom is 0.272 e. The van der Waals surface area contributed by atoms with Gasteiger partial charge in [0.05, 0.1) is 17.6 Å². The molecule has 3 aromatic rings. The van der Waals surface area contributed by atoms with Gasteiger partial charge in [0, 0.05) is 36.7 Å². The van der Waals surface area contributed by atoms with Crippen molar-refractivity contribution in [2.75, 3.05) is 5.32 Å². The number of aromatic nitrogens is 2. The molecular weight excluding hydrogens is 462 g/mol. The van der Waals surface area contributed by atoms with Crippen LogP contribution in [0.5, 0.6) is 0 Å². The number of carbonyl (C=O) groups is 1. The lowest BCUT2D eigenvalue weighted by atomic mass is 10.0. The predicted octanol–water partition coefficient (Wildman–Crippen LogP) is 4.16. The van der Waals surface area contributed by atoms with Gasteiger partial charge in [-0.1, -0.05) is 41.9 Å². The number of nitrogens with zero attached hydrogens (tertiary/aromatic N) is 2. The molecule has 1 aromatic carbocycles. The molecule has 0 radical (unpaired) electrons. The first kappa shape index (κ1) is 23.4. The van der Waals surface area contributed by atoms with E-state index in [4.69, 9.17) is 21.1 Å². The molecular formula is C23H26ClN5O3S. The highest BCUT2D eigenvalue weighted by atomic mass is 35.5. The Morgan fingerprint density at radius 1 is 1.39 bits per heavy atom. The highest BCUT2D eigenvalue weighted by Crippen LogP contribution is 2.29. The van der Waals surface area contributed by atoms with Crippen LogP contribution in [0, 0.1) is 4.78 Å². The normalized spacial score (nSPS) is 21.1. The lowest BCUT2D eigenvalue weighted by Crippen LogP contribution is -2.41. The highest BCUT2D eigenvalue weighted by molar-refractivity contribution is 7.90. The fourth-order valence-corrected chi connectivity index (χ4v) is 5.88. The first-order valence-corrected chi connectivity index (χ1v) is 12.5. The van der Waals surface area contributed by atoms with Crippen molar-refractivity contribution in [2.45, 2.75) is 43.4 Å². The molecule has 1 aliphatic rings. The van der Waals surface area contributed by atoms with E-state index in [0.29, 0.717) is 41.3 Å². The van der Waals surface area contributed by atoms with E-state index in [0.717, 1.165) is 5.56 Å². The number of nitrogens with one attached hydrogen (secondary N) is 3. The maximum absolute atomic E-state index is 13.4. The number of amides is 1. The molecule has 1 amide bonds. The lowest BCUT2D eigenvalue weighted by Gasteiger charge is -2.24. The topological polar surface area (TPSA) is 109 Å². The number of benzene rings is 1. The average molecular weight is 488 g/mol. The number of pyridine rings is 1. The van der Waals surface area contributed by atoms with Crippen molar-refractivity contribution < 1.29 is 13.7 Å². The number of anilines is 1. The monoisotopic (exact) mass is 487 g/mol. The fraction of sp³-hybridized carbons (Fsp3) is 0.304. The second-order valence-corrected chi connectivity index (χ2v) is 10.2. The molecule has 0 fully saturated rings. The van der Waals surface area contributed by atoms with Gasteiger partial charge in [-0.15, -0.1) is 0 Å². The molecule has 0 saturated heterocycles. The smallest absolute Gasteiger partial charge is 0.272 e. The molecule has 0 aliphatic carbocycles. The van der Waals surface area contributed by atoms with Crippen LogP contribution in [0.2, 0.25) is 5.15 Å². The molecule has 2 unspecified atom stereocenters. The van der Waals surface area contributed by atoms with E-state index < -0.39 is 9.92 Å². The molecule has 0 saturated carbocycles. The standard InChI is InChI=1S/C23H26ClN5O3S/c1-15(32-14-16-6-4-3-5-7-16)19-9-8-18-20(33(25,31)28-19)13-29(2)22(18)23(30)27-17-10-11-26-21(24)12-17/h3-7,10-13,15,19H,8-9,14H2,1-2H3,(H2,25,28,31)(H,26,27,30)/t15?,19-,33?/m1/s1. The molecule has 3 N–H and O–H groups in total. The van der Waals surface area contributed by atoms with E-state index in [1.165, 1.54) is 6.20 Å². The fourth-order valence-electron chi connectivity index (χ4n) is 3.99. The second kappa shape index (κ2) is 9.64. The van der Waals surface area contributed by atoms with Crippen LogP contribution >= 0.6 is 11.6 Å². The molecule has 33 heavy (non-hydrogen) atoms. The third-order valence-corrected chi connectivity index (χ3v) is 7.51. The Kier molecular flexibility index (Phi) is 6.85. The predicted molar refractivity (Wildman–Crippen MR) is 128 cm³/mol. The Bertz CT molecular complexity index is 1260. The second-order valence-electron chi connectivity index (χ2n) is 8.07. The summed E-state index contributed by atoms with van der Waals surface area (Å²) in [6.07, 6.45) is 3.90. The quantitative estimate of drug-likeness (QED) is 0.453. The number of hydrogen-bond donors (Lipinski definition) is 3. The first-order valence-electron chi connectivity index (χ1n) is 10.6. The van der Waals surface area contributed by atoms with Crippen LogP contribution in [0.3, 0.4) is 0 Å². The number of fused-ring (bicyclic) bond motifs is 1. The molecule has 0 spiro atoms. The van der Waals surface area contributed by atoms with Gasteiger partial charge >= 0.3 is 0 Å². The van der Waals surface area contributed by atoms with Crippen LogP contribution in [0.1, 0.15) is 35.0 Å². The molecule has 4 rings (SSSR count). The van der Waals surface area contributed by atoms with Gasteiger partial charge in [0.15, 0.2) is 0 Å². The summed E-state index contributed by atoms with van der Waals surface area (Å²) in [7, 11) is -1.62. The van der Waals surface area contributed by atoms with Gasteiger partial charge in [-0.25, -0.2) is 18.7 Å². The Morgan fingerprint density at radius 3 is 2.88 bits per heavy atom. The Morgan fingerprint density at radius 2 is 2.15 bits per heavy atom. The van der Waals surface area contributed by atoms with Gasteiger partial charge in [-0.2, -0.15) is 0 Å². The molecule has 10 heteroatoms. The van der Waals surface area contributed by atoms with Gasteiger partial charge < -0.3 is 14.6 Å². The molecule has 1 aliphatic heterocycles. The molecule has 3 heterocycles. The van der Waals surface area contributed by atoms with E-state index in [1.54, 1.807) is 29.9 Å². The maximum atomic E-state index is 13.4. The van der Waals surface area contributed by atoms with E-state index >= 15 is 0 Å². The summed E-state index contributed by atoms with van der Waals surface area (Å²) in [5.41, 5.74) is 2.54. The third kappa shape index (κ3) is 5.27. The Labute approximate surface area is 198 Å². The molecule has 174 valence electrons. The number of halogens is 1. The van der Waals surface area contributed by atoms with Crippen LogP contribution in [0.15, 0.2) is 59.8 Å². The van der Waals surface area contributed by atoms with Gasteiger partial charge in [-0.05, 0) is 37.5 Å². The molecule has 3 atom stereocenters. The SMILES string of the molecule is CC(OCc1ccccc1)[C@H]1CCc2c(cn(C)c2C(=O)Nc2ccnc(Cl)c2)S(=N)(=O)N1. The van der Waals surface area contributed by atoms with Crippen molar-refractivity contribution in [1.29, 1.82) is 4.78 Å². The zero-order valence-electron chi connectivity index (χ0n) is 18.4. The van der Waals surface area contributed by atoms with Crippen molar-refractivity contribution in [3.8, 4) is 0 Å². The summed E-state index contributed by atoms with van der Waals surface area (Å²) in [6.45, 7) is 2.34. The van der Waals surface area contributed by atoms with Crippen LogP contribution in [0.25, 0.3) is 0 Å². The van der Waals surface area contributed by atoms with E-state index in [9.17, 15) is 9.00 Å². The first-order chi connectivity index (χ1) is 15.7. The zero-order valence-corrected chi connectivity index (χ0v) is 19.9. The summed E-state index contributed by atoms with van der Waals surface area (Å²) in [6, 6.07) is 12.7. The molecule has 0 bridgehead atoms. The summed E-state index contributed by atoms with van der Waals surface area (Å²) in [4.78, 5) is 17.3. The molecule has 8 nitrogen and oxygen atoms in total. The summed E-state index contributed by atoms with van der Waals surface area (Å²) in [5.74, 6) is -0.358. The minimum absolute atomic E-state index is 0.268. The third-order valence-electron chi connectivity index (χ3n) is 5.70. The van der Waals surface area contributed by atoms with Gasteiger partial charge in [0.1, 0.15) is 20.8 Å². The van der Waals surface area contributed by atoms with Gasteiger partial charge in [0.2, 0.25) is 0 Å². The van der Waals surface area contributed by atoms with Crippen LogP contribution < -0.4 is 10.0 Å². The van der Waals surface area contributed by atoms with E-state index in [-0.39, 0.29) is 23.2 Å². The average Bonchev–Trinajstić information content (AvgIpc) is 3.06. The zero-order chi connectivity index (χ0) is 23.6. The van der Waals surface area contributed by atoms with Crippen LogP contribution in [-0.4, -0.2) is 31.8 Å². The Hall–Kier alpha value is -2.72. The molecule has 2 aromatic heterocycles. The van der Waals surface area contributed by atoms with Crippen molar-refractivity contribution in [3.05, 3.63) is 76.8 Å². The number of ether oxygens (including phenoxy) is 1. The minimum Gasteiger partial charge on any atom is -0.372 e. The largest absolute Gasteiger partial charge is 0.372 e. The van der Waals surface area contributed by atoms with Gasteiger partial charge in [-0.3, -0.25) is 4.79 Å². The van der Waals surface area contributed by atoms with Crippen molar-refractivity contribution in [2.24, 2.45) is 7.05 Å². The number of rotatable bonds is 6. The summed E-state index contributed by atoms with van der Waals surface area (Å²) >= 11 is 5.92. The summed E-state index contributed by atoms with van der Waals surface area (Å²) < 4.78 is 32.5. The lowest BCUT2D eigenvalue weighted by molar-refractivity contribution is 0.0308. The Balaban J connectivity index is 1.53.